The molecule has 0 aliphatic heterocycles. The van der Waals surface area contributed by atoms with Crippen LogP contribution in [0.1, 0.15) is 37.6 Å². The highest BCUT2D eigenvalue weighted by Gasteiger charge is 2.27. The quantitative estimate of drug-likeness (QED) is 0.940. The number of nitrogens with zero attached hydrogens (tertiary/aromatic N) is 2. The van der Waals surface area contributed by atoms with Crippen LogP contribution in [0.15, 0.2) is 24.3 Å². The minimum absolute atomic E-state index is 0.0823. The third-order valence-electron chi connectivity index (χ3n) is 3.45. The highest BCUT2D eigenvalue weighted by molar-refractivity contribution is 5.44. The zero-order valence-electron chi connectivity index (χ0n) is 13.5. The van der Waals surface area contributed by atoms with Gasteiger partial charge in [0.05, 0.1) is 18.5 Å². The first-order valence-corrected chi connectivity index (χ1v) is 7.22. The number of rotatable bonds is 4. The van der Waals surface area contributed by atoms with E-state index in [9.17, 15) is 5.11 Å². The Hall–Kier alpha value is -1.81. The molecule has 0 radical (unpaired) electrons. The number of methoxy groups -OCH3 is 1. The SMILES string of the molecule is COc1c(CCO)c(C(C)(C)C)nn1-c1cccc(C)c1. The number of aromatic nitrogens is 2. The molecule has 0 atom stereocenters. The largest absolute Gasteiger partial charge is 0.481 e. The average molecular weight is 288 g/mol. The van der Waals surface area contributed by atoms with Crippen LogP contribution < -0.4 is 4.74 Å². The maximum atomic E-state index is 9.36. The smallest absolute Gasteiger partial charge is 0.220 e. The topological polar surface area (TPSA) is 47.3 Å². The molecule has 0 saturated heterocycles. The molecule has 0 spiro atoms. The molecule has 2 aromatic rings. The molecule has 0 aliphatic rings. The first-order chi connectivity index (χ1) is 9.88. The number of aliphatic hydroxyl groups is 1. The van der Waals surface area contributed by atoms with Crippen LogP contribution in [-0.2, 0) is 11.8 Å². The summed E-state index contributed by atoms with van der Waals surface area (Å²) in [5, 5.41) is 14.1. The molecule has 4 nitrogen and oxygen atoms in total. The van der Waals surface area contributed by atoms with E-state index >= 15 is 0 Å². The van der Waals surface area contributed by atoms with E-state index in [1.807, 2.05) is 16.8 Å². The molecule has 0 amide bonds. The van der Waals surface area contributed by atoms with Gasteiger partial charge in [0.1, 0.15) is 0 Å². The highest BCUT2D eigenvalue weighted by atomic mass is 16.5. The summed E-state index contributed by atoms with van der Waals surface area (Å²) in [5.74, 6) is 0.708. The van der Waals surface area contributed by atoms with E-state index in [2.05, 4.69) is 39.8 Å². The summed E-state index contributed by atoms with van der Waals surface area (Å²) < 4.78 is 7.42. The van der Waals surface area contributed by atoms with Crippen LogP contribution in [0.5, 0.6) is 5.88 Å². The van der Waals surface area contributed by atoms with Gasteiger partial charge in [0.2, 0.25) is 5.88 Å². The summed E-state index contributed by atoms with van der Waals surface area (Å²) in [6.45, 7) is 8.50. The van der Waals surface area contributed by atoms with Crippen LogP contribution in [0, 0.1) is 6.92 Å². The highest BCUT2D eigenvalue weighted by Crippen LogP contribution is 2.33. The molecule has 0 fully saturated rings. The summed E-state index contributed by atoms with van der Waals surface area (Å²) in [5.41, 5.74) is 3.99. The molecule has 0 unspecified atom stereocenters. The maximum Gasteiger partial charge on any atom is 0.220 e. The van der Waals surface area contributed by atoms with E-state index in [0.29, 0.717) is 12.3 Å². The normalized spacial score (nSPS) is 11.7. The van der Waals surface area contributed by atoms with E-state index < -0.39 is 0 Å². The Morgan fingerprint density at radius 3 is 2.52 bits per heavy atom. The number of aryl methyl sites for hydroxylation is 1. The number of benzene rings is 1. The molecule has 21 heavy (non-hydrogen) atoms. The van der Waals surface area contributed by atoms with E-state index in [4.69, 9.17) is 9.84 Å². The lowest BCUT2D eigenvalue weighted by Crippen LogP contribution is -2.15. The Morgan fingerprint density at radius 2 is 2.00 bits per heavy atom. The molecule has 114 valence electrons. The van der Waals surface area contributed by atoms with Gasteiger partial charge in [0.15, 0.2) is 0 Å². The Labute approximate surface area is 126 Å². The maximum absolute atomic E-state index is 9.36. The molecule has 1 N–H and O–H groups in total. The minimum Gasteiger partial charge on any atom is -0.481 e. The van der Waals surface area contributed by atoms with Crippen molar-refractivity contribution in [3.63, 3.8) is 0 Å². The predicted molar refractivity (Wildman–Crippen MR) is 84.3 cm³/mol. The van der Waals surface area contributed by atoms with Crippen LogP contribution in [-0.4, -0.2) is 28.6 Å². The molecule has 2 rings (SSSR count). The molecule has 0 aliphatic carbocycles. The van der Waals surface area contributed by atoms with Crippen LogP contribution in [0.25, 0.3) is 5.69 Å². The summed E-state index contributed by atoms with van der Waals surface area (Å²) in [6, 6.07) is 8.15. The first-order valence-electron chi connectivity index (χ1n) is 7.22. The lowest BCUT2D eigenvalue weighted by Gasteiger charge is -2.17. The average Bonchev–Trinajstić information content (AvgIpc) is 2.77. The lowest BCUT2D eigenvalue weighted by molar-refractivity contribution is 0.295. The van der Waals surface area contributed by atoms with E-state index in [1.165, 1.54) is 5.56 Å². The minimum atomic E-state index is -0.104. The van der Waals surface area contributed by atoms with Crippen molar-refractivity contribution >= 4 is 0 Å². The Morgan fingerprint density at radius 1 is 1.29 bits per heavy atom. The van der Waals surface area contributed by atoms with Crippen LogP contribution in [0.2, 0.25) is 0 Å². The summed E-state index contributed by atoms with van der Waals surface area (Å²) in [7, 11) is 1.65. The van der Waals surface area contributed by atoms with E-state index in [0.717, 1.165) is 16.9 Å². The molecule has 0 saturated carbocycles. The van der Waals surface area contributed by atoms with Crippen LogP contribution >= 0.6 is 0 Å². The van der Waals surface area contributed by atoms with E-state index in [1.54, 1.807) is 7.11 Å². The van der Waals surface area contributed by atoms with Crippen molar-refractivity contribution in [3.05, 3.63) is 41.1 Å². The molecule has 0 bridgehead atoms. The third-order valence-corrected chi connectivity index (χ3v) is 3.45. The van der Waals surface area contributed by atoms with Gasteiger partial charge in [0, 0.05) is 24.0 Å². The van der Waals surface area contributed by atoms with Gasteiger partial charge in [-0.25, -0.2) is 4.68 Å². The Kier molecular flexibility index (Phi) is 4.37. The second-order valence-electron chi connectivity index (χ2n) is 6.31. The van der Waals surface area contributed by atoms with Crippen molar-refractivity contribution in [1.82, 2.24) is 9.78 Å². The monoisotopic (exact) mass is 288 g/mol. The van der Waals surface area contributed by atoms with Gasteiger partial charge >= 0.3 is 0 Å². The van der Waals surface area contributed by atoms with Crippen molar-refractivity contribution in [1.29, 1.82) is 0 Å². The number of ether oxygens (including phenoxy) is 1. The predicted octanol–water partition coefficient (Wildman–Crippen LogP) is 3.02. The van der Waals surface area contributed by atoms with Crippen LogP contribution in [0.3, 0.4) is 0 Å². The second-order valence-corrected chi connectivity index (χ2v) is 6.31. The van der Waals surface area contributed by atoms with Gasteiger partial charge in [-0.3, -0.25) is 0 Å². The zero-order chi connectivity index (χ0) is 15.6. The van der Waals surface area contributed by atoms with Gasteiger partial charge < -0.3 is 9.84 Å². The third kappa shape index (κ3) is 3.10. The Bertz CT molecular complexity index is 624. The fourth-order valence-corrected chi connectivity index (χ4v) is 2.52. The van der Waals surface area contributed by atoms with Crippen molar-refractivity contribution in [2.45, 2.75) is 39.5 Å². The van der Waals surface area contributed by atoms with Crippen LogP contribution in [0.4, 0.5) is 0 Å². The molecule has 1 aromatic heterocycles. The molecule has 4 heteroatoms. The summed E-state index contributed by atoms with van der Waals surface area (Å²) in [6.07, 6.45) is 0.543. The lowest BCUT2D eigenvalue weighted by atomic mass is 9.88. The zero-order valence-corrected chi connectivity index (χ0v) is 13.5. The van der Waals surface area contributed by atoms with Gasteiger partial charge in [-0.15, -0.1) is 0 Å². The molecule has 1 heterocycles. The summed E-state index contributed by atoms with van der Waals surface area (Å²) in [4.78, 5) is 0. The fraction of sp³-hybridized carbons (Fsp3) is 0.471. The molecule has 1 aromatic carbocycles. The number of aliphatic hydroxyl groups excluding tert-OH is 1. The number of hydrogen-bond acceptors (Lipinski definition) is 3. The first kappa shape index (κ1) is 15.6. The summed E-state index contributed by atoms with van der Waals surface area (Å²) >= 11 is 0. The van der Waals surface area contributed by atoms with Gasteiger partial charge in [-0.1, -0.05) is 32.9 Å². The van der Waals surface area contributed by atoms with Gasteiger partial charge in [0.25, 0.3) is 0 Å². The van der Waals surface area contributed by atoms with Crippen molar-refractivity contribution in [2.75, 3.05) is 13.7 Å². The van der Waals surface area contributed by atoms with Gasteiger partial charge in [-0.05, 0) is 24.6 Å². The van der Waals surface area contributed by atoms with Crippen molar-refractivity contribution in [3.8, 4) is 11.6 Å². The molecular formula is C17H24N2O2. The van der Waals surface area contributed by atoms with Gasteiger partial charge in [-0.2, -0.15) is 5.10 Å². The van der Waals surface area contributed by atoms with E-state index in [-0.39, 0.29) is 12.0 Å². The van der Waals surface area contributed by atoms with Crippen molar-refractivity contribution in [2.24, 2.45) is 0 Å². The van der Waals surface area contributed by atoms with Crippen molar-refractivity contribution < 1.29 is 9.84 Å². The Balaban J connectivity index is 2.66. The second kappa shape index (κ2) is 5.90. The molecular weight excluding hydrogens is 264 g/mol. The standard InChI is InChI=1S/C17H24N2O2/c1-12-7-6-8-13(11-12)19-16(21-5)14(9-10-20)15(18-19)17(2,3)4/h6-8,11,20H,9-10H2,1-5H3. The fourth-order valence-electron chi connectivity index (χ4n) is 2.52. The number of hydrogen-bond donors (Lipinski definition) is 1.